The highest BCUT2D eigenvalue weighted by Gasteiger charge is 2.24. The lowest BCUT2D eigenvalue weighted by molar-refractivity contribution is -0.118. The number of amides is 2. The standard InChI is InChI=1S/C21H27ClN4O2S2/c1-4-11-30-21-23-13-16(22)18(26-21)20(28)25-17(10-12-29-3)19(27)24-15-8-6-14(5-2)7-9-15/h6-9,13,17H,4-5,10-12H2,1-3H3,(H,24,27)(H,25,28). The number of thioether (sulfide) groups is 2. The minimum absolute atomic E-state index is 0.0829. The molecule has 1 aromatic carbocycles. The lowest BCUT2D eigenvalue weighted by Crippen LogP contribution is -2.44. The van der Waals surface area contributed by atoms with E-state index in [9.17, 15) is 9.59 Å². The van der Waals surface area contributed by atoms with Gasteiger partial charge < -0.3 is 10.6 Å². The zero-order chi connectivity index (χ0) is 21.9. The van der Waals surface area contributed by atoms with Gasteiger partial charge in [-0.1, -0.05) is 49.3 Å². The monoisotopic (exact) mass is 466 g/mol. The number of halogens is 1. The van der Waals surface area contributed by atoms with Gasteiger partial charge in [0.1, 0.15) is 6.04 Å². The average molecular weight is 467 g/mol. The van der Waals surface area contributed by atoms with Gasteiger partial charge in [0.25, 0.3) is 5.91 Å². The Balaban J connectivity index is 2.12. The smallest absolute Gasteiger partial charge is 0.272 e. The molecule has 0 fully saturated rings. The Morgan fingerprint density at radius 2 is 1.90 bits per heavy atom. The summed E-state index contributed by atoms with van der Waals surface area (Å²) in [5.41, 5.74) is 1.97. The van der Waals surface area contributed by atoms with Gasteiger partial charge in [-0.25, -0.2) is 9.97 Å². The van der Waals surface area contributed by atoms with Crippen LogP contribution in [-0.4, -0.2) is 45.6 Å². The maximum absolute atomic E-state index is 12.8. The van der Waals surface area contributed by atoms with Crippen LogP contribution in [0.25, 0.3) is 0 Å². The zero-order valence-corrected chi connectivity index (χ0v) is 19.8. The molecule has 0 aliphatic heterocycles. The van der Waals surface area contributed by atoms with Crippen molar-refractivity contribution in [1.82, 2.24) is 15.3 Å². The third kappa shape index (κ3) is 7.49. The van der Waals surface area contributed by atoms with E-state index >= 15 is 0 Å². The first kappa shape index (κ1) is 24.5. The summed E-state index contributed by atoms with van der Waals surface area (Å²) in [5, 5.41) is 6.32. The van der Waals surface area contributed by atoms with E-state index in [2.05, 4.69) is 34.4 Å². The molecule has 1 aromatic heterocycles. The second-order valence-electron chi connectivity index (χ2n) is 6.54. The van der Waals surface area contributed by atoms with Crippen molar-refractivity contribution in [3.05, 3.63) is 46.7 Å². The quantitative estimate of drug-likeness (QED) is 0.369. The van der Waals surface area contributed by atoms with Crippen LogP contribution in [0.4, 0.5) is 5.69 Å². The molecule has 0 aliphatic carbocycles. The van der Waals surface area contributed by atoms with Gasteiger partial charge in [0.05, 0.1) is 11.2 Å². The fourth-order valence-electron chi connectivity index (χ4n) is 2.56. The van der Waals surface area contributed by atoms with Gasteiger partial charge in [0, 0.05) is 11.4 Å². The van der Waals surface area contributed by atoms with Crippen molar-refractivity contribution in [2.24, 2.45) is 0 Å². The molecular weight excluding hydrogens is 440 g/mol. The third-order valence-corrected chi connectivity index (χ3v) is 6.22. The Hall–Kier alpha value is -1.77. The van der Waals surface area contributed by atoms with Crippen molar-refractivity contribution in [2.75, 3.05) is 23.1 Å². The molecule has 30 heavy (non-hydrogen) atoms. The number of carbonyl (C=O) groups excluding carboxylic acids is 2. The van der Waals surface area contributed by atoms with Crippen LogP contribution < -0.4 is 10.6 Å². The normalized spacial score (nSPS) is 11.7. The molecule has 2 rings (SSSR count). The van der Waals surface area contributed by atoms with Crippen molar-refractivity contribution in [1.29, 1.82) is 0 Å². The van der Waals surface area contributed by atoms with E-state index in [0.717, 1.165) is 24.3 Å². The van der Waals surface area contributed by atoms with E-state index in [0.29, 0.717) is 17.3 Å². The van der Waals surface area contributed by atoms with E-state index < -0.39 is 11.9 Å². The Bertz CT molecular complexity index is 849. The summed E-state index contributed by atoms with van der Waals surface area (Å²) in [7, 11) is 0. The highest BCUT2D eigenvalue weighted by atomic mass is 35.5. The van der Waals surface area contributed by atoms with E-state index in [1.54, 1.807) is 11.8 Å². The second kappa shape index (κ2) is 12.8. The van der Waals surface area contributed by atoms with Crippen molar-refractivity contribution < 1.29 is 9.59 Å². The molecule has 1 atom stereocenters. The predicted octanol–water partition coefficient (Wildman–Crippen LogP) is 4.68. The van der Waals surface area contributed by atoms with E-state index in [4.69, 9.17) is 11.6 Å². The van der Waals surface area contributed by atoms with Crippen LogP contribution in [0.1, 0.15) is 42.7 Å². The van der Waals surface area contributed by atoms with Gasteiger partial charge in [-0.2, -0.15) is 11.8 Å². The Labute approximate surface area is 191 Å². The third-order valence-electron chi connectivity index (χ3n) is 4.23. The van der Waals surface area contributed by atoms with Crippen LogP contribution in [0.3, 0.4) is 0 Å². The van der Waals surface area contributed by atoms with Crippen molar-refractivity contribution in [3.8, 4) is 0 Å². The number of nitrogens with one attached hydrogen (secondary N) is 2. The van der Waals surface area contributed by atoms with E-state index in [-0.39, 0.29) is 16.6 Å². The fourth-order valence-corrected chi connectivity index (χ4v) is 3.88. The Morgan fingerprint density at radius 1 is 1.17 bits per heavy atom. The van der Waals surface area contributed by atoms with E-state index in [1.165, 1.54) is 23.5 Å². The predicted molar refractivity (Wildman–Crippen MR) is 127 cm³/mol. The largest absolute Gasteiger partial charge is 0.339 e. The zero-order valence-electron chi connectivity index (χ0n) is 17.4. The van der Waals surface area contributed by atoms with Gasteiger partial charge in [0.15, 0.2) is 10.9 Å². The van der Waals surface area contributed by atoms with Crippen LogP contribution in [-0.2, 0) is 11.2 Å². The number of rotatable bonds is 11. The highest BCUT2D eigenvalue weighted by Crippen LogP contribution is 2.19. The summed E-state index contributed by atoms with van der Waals surface area (Å²) in [5.74, 6) is 0.816. The van der Waals surface area contributed by atoms with Gasteiger partial charge in [-0.15, -0.1) is 0 Å². The second-order valence-corrected chi connectivity index (χ2v) is 9.00. The average Bonchev–Trinajstić information content (AvgIpc) is 2.76. The molecule has 0 aliphatic rings. The summed E-state index contributed by atoms with van der Waals surface area (Å²) >= 11 is 9.22. The number of nitrogens with zero attached hydrogens (tertiary/aromatic N) is 2. The van der Waals surface area contributed by atoms with Crippen LogP contribution in [0.15, 0.2) is 35.6 Å². The molecule has 0 saturated heterocycles. The maximum atomic E-state index is 12.8. The van der Waals surface area contributed by atoms with Crippen LogP contribution in [0, 0.1) is 0 Å². The molecule has 9 heteroatoms. The minimum Gasteiger partial charge on any atom is -0.339 e. The number of aryl methyl sites for hydroxylation is 1. The number of aromatic nitrogens is 2. The molecule has 6 nitrogen and oxygen atoms in total. The number of hydrogen-bond donors (Lipinski definition) is 2. The molecule has 2 amide bonds. The van der Waals surface area contributed by atoms with Gasteiger partial charge in [-0.3, -0.25) is 9.59 Å². The minimum atomic E-state index is -0.700. The molecular formula is C21H27ClN4O2S2. The molecule has 0 radical (unpaired) electrons. The SMILES string of the molecule is CCCSc1ncc(Cl)c(C(=O)NC(CCSC)C(=O)Nc2ccc(CC)cc2)n1. The van der Waals surface area contributed by atoms with Gasteiger partial charge >= 0.3 is 0 Å². The van der Waals surface area contributed by atoms with Gasteiger partial charge in [-0.05, 0) is 49.0 Å². The lowest BCUT2D eigenvalue weighted by Gasteiger charge is -2.18. The molecule has 0 spiro atoms. The molecule has 0 bridgehead atoms. The van der Waals surface area contributed by atoms with Crippen molar-refractivity contribution >= 4 is 52.6 Å². The summed E-state index contributed by atoms with van der Waals surface area (Å²) in [6.45, 7) is 4.13. The molecule has 2 N–H and O–H groups in total. The first-order valence-corrected chi connectivity index (χ1v) is 12.6. The summed E-state index contributed by atoms with van der Waals surface area (Å²) in [6, 6.07) is 6.97. The Kier molecular flexibility index (Phi) is 10.5. The molecule has 0 saturated carbocycles. The number of anilines is 1. The molecule has 1 heterocycles. The Morgan fingerprint density at radius 3 is 2.53 bits per heavy atom. The summed E-state index contributed by atoms with van der Waals surface area (Å²) in [6.07, 6.45) is 5.77. The number of carbonyl (C=O) groups is 2. The number of benzene rings is 1. The van der Waals surface area contributed by atoms with Crippen LogP contribution in [0.2, 0.25) is 5.02 Å². The number of hydrogen-bond acceptors (Lipinski definition) is 6. The van der Waals surface area contributed by atoms with Crippen molar-refractivity contribution in [2.45, 2.75) is 44.3 Å². The lowest BCUT2D eigenvalue weighted by atomic mass is 10.1. The van der Waals surface area contributed by atoms with E-state index in [1.807, 2.05) is 30.5 Å². The summed E-state index contributed by atoms with van der Waals surface area (Å²) in [4.78, 5) is 34.1. The van der Waals surface area contributed by atoms with Crippen LogP contribution >= 0.6 is 35.1 Å². The first-order chi connectivity index (χ1) is 14.5. The van der Waals surface area contributed by atoms with Crippen molar-refractivity contribution in [3.63, 3.8) is 0 Å². The highest BCUT2D eigenvalue weighted by molar-refractivity contribution is 7.99. The van der Waals surface area contributed by atoms with Gasteiger partial charge in [0.2, 0.25) is 5.91 Å². The topological polar surface area (TPSA) is 84.0 Å². The van der Waals surface area contributed by atoms with Crippen LogP contribution in [0.5, 0.6) is 0 Å². The molecule has 162 valence electrons. The molecule has 1 unspecified atom stereocenters. The maximum Gasteiger partial charge on any atom is 0.272 e. The first-order valence-electron chi connectivity index (χ1n) is 9.83. The fraction of sp³-hybridized carbons (Fsp3) is 0.429. The molecule has 2 aromatic rings. The summed E-state index contributed by atoms with van der Waals surface area (Å²) < 4.78 is 0.